The Hall–Kier alpha value is -4.56. The first-order valence-corrected chi connectivity index (χ1v) is 21.8. The molecule has 0 aromatic heterocycles. The molecule has 2 heteroatoms. The maximum Gasteiger partial charge on any atom is 0.117 e. The maximum atomic E-state index is 7.77. The van der Waals surface area contributed by atoms with Gasteiger partial charge in [0.05, 0.1) is 11.4 Å². The van der Waals surface area contributed by atoms with Crippen molar-refractivity contribution < 1.29 is 0 Å². The molecule has 3 aliphatic rings. The summed E-state index contributed by atoms with van der Waals surface area (Å²) in [6, 6.07) is 37.1. The number of allylic oxidation sites excluding steroid dienone is 3. The normalized spacial score (nSPS) is 18.2. The van der Waals surface area contributed by atoms with Crippen molar-refractivity contribution in [1.29, 1.82) is 0 Å². The monoisotopic (exact) mass is 747 g/mol. The Morgan fingerprint density at radius 3 is 2.02 bits per heavy atom. The molecular weight excluding hydrogens is 685 g/mol. The molecule has 0 spiro atoms. The van der Waals surface area contributed by atoms with E-state index in [2.05, 4.69) is 170 Å². The molecule has 0 saturated heterocycles. The maximum absolute atomic E-state index is 7.77. The number of hydrogen-bond donors (Lipinski definition) is 0. The Morgan fingerprint density at radius 1 is 0.684 bits per heavy atom. The number of anilines is 2. The van der Waals surface area contributed by atoms with Gasteiger partial charge < -0.3 is 4.90 Å². The molecule has 0 unspecified atom stereocenters. The van der Waals surface area contributed by atoms with Gasteiger partial charge >= 0.3 is 0 Å². The second-order valence-corrected chi connectivity index (χ2v) is 19.2. The number of rotatable bonds is 9. The standard InChI is InChI=1S/C55H62BN/c1-10-12-20-38-26-27-49(42(32-38)39-24-18-15-19-25-39)57-51-44-34-46-47(54(6,7)29-28-53(46,4)5)35-45(44)55(8,9)48(51)33-40(23-13-11-2)43-30-36(3)41(52(57)50(43)56)31-37-21-16-14-17-22-37/h14-19,21-27,30,32,34-35H,10-13,20,28-29,31,33H2,1-9H3/b40-23+. The highest BCUT2D eigenvalue weighted by molar-refractivity contribution is 6.39. The fraction of sp³-hybridized carbons (Fsp3) is 0.382. The van der Waals surface area contributed by atoms with Gasteiger partial charge in [-0.1, -0.05) is 159 Å². The number of hydrogen-bond acceptors (Lipinski definition) is 1. The molecule has 290 valence electrons. The van der Waals surface area contributed by atoms with Gasteiger partial charge in [-0.05, 0) is 142 Å². The SMILES string of the molecule is [B]c1c2cc(C)c(Cc3ccccc3)c1N(c1ccc(CCCC)cc1-c1ccccc1)C1=C(C/C2=C\CCC)C(C)(C)c2cc3c(cc21)C(C)(C)CCC3(C)C. The lowest BCUT2D eigenvalue weighted by Crippen LogP contribution is -2.34. The Labute approximate surface area is 345 Å². The van der Waals surface area contributed by atoms with Crippen LogP contribution in [0.2, 0.25) is 0 Å². The van der Waals surface area contributed by atoms with Gasteiger partial charge in [-0.25, -0.2) is 0 Å². The molecule has 1 nitrogen and oxygen atoms in total. The summed E-state index contributed by atoms with van der Waals surface area (Å²) in [5.41, 5.74) is 22.2. The molecule has 2 bridgehead atoms. The first kappa shape index (κ1) is 39.3. The lowest BCUT2D eigenvalue weighted by molar-refractivity contribution is 0.331. The smallest absolute Gasteiger partial charge is 0.117 e. The van der Waals surface area contributed by atoms with Crippen LogP contribution in [-0.2, 0) is 29.1 Å². The lowest BCUT2D eigenvalue weighted by atomic mass is 9.62. The fourth-order valence-electron chi connectivity index (χ4n) is 10.2. The van der Waals surface area contributed by atoms with Crippen LogP contribution < -0.4 is 10.4 Å². The third-order valence-electron chi connectivity index (χ3n) is 13.9. The molecule has 1 heterocycles. The van der Waals surface area contributed by atoms with Crippen LogP contribution in [0.25, 0.3) is 22.4 Å². The summed E-state index contributed by atoms with van der Waals surface area (Å²) in [6.45, 7) is 21.8. The molecule has 0 saturated carbocycles. The number of unbranched alkanes of at least 4 members (excludes halogenated alkanes) is 2. The van der Waals surface area contributed by atoms with Crippen molar-refractivity contribution in [2.24, 2.45) is 0 Å². The molecule has 57 heavy (non-hydrogen) atoms. The zero-order valence-electron chi connectivity index (χ0n) is 36.2. The highest BCUT2D eigenvalue weighted by Gasteiger charge is 2.46. The Kier molecular flexibility index (Phi) is 10.3. The van der Waals surface area contributed by atoms with Gasteiger partial charge in [-0.15, -0.1) is 0 Å². The van der Waals surface area contributed by atoms with Crippen molar-refractivity contribution in [2.45, 2.75) is 136 Å². The molecule has 0 atom stereocenters. The Bertz CT molecular complexity index is 2390. The number of nitrogens with zero attached hydrogens (tertiary/aromatic N) is 1. The topological polar surface area (TPSA) is 3.24 Å². The van der Waals surface area contributed by atoms with E-state index in [-0.39, 0.29) is 16.2 Å². The molecule has 5 aromatic carbocycles. The summed E-state index contributed by atoms with van der Waals surface area (Å²) in [6.07, 6.45) is 12.1. The summed E-state index contributed by atoms with van der Waals surface area (Å²) < 4.78 is 0. The first-order chi connectivity index (χ1) is 27.3. The minimum absolute atomic E-state index is 0.0795. The largest absolute Gasteiger partial charge is 0.310 e. The average Bonchev–Trinajstić information content (AvgIpc) is 3.41. The van der Waals surface area contributed by atoms with Gasteiger partial charge in [-0.3, -0.25) is 0 Å². The van der Waals surface area contributed by atoms with Crippen molar-refractivity contribution in [3.8, 4) is 11.1 Å². The van der Waals surface area contributed by atoms with Crippen LogP contribution in [0.5, 0.6) is 0 Å². The minimum atomic E-state index is -0.200. The van der Waals surface area contributed by atoms with Crippen LogP contribution in [0.15, 0.2) is 109 Å². The lowest BCUT2D eigenvalue weighted by Gasteiger charge is -2.43. The summed E-state index contributed by atoms with van der Waals surface area (Å²) in [7, 11) is 7.77. The summed E-state index contributed by atoms with van der Waals surface area (Å²) in [4.78, 5) is 2.67. The van der Waals surface area contributed by atoms with Crippen LogP contribution in [-0.4, -0.2) is 7.85 Å². The predicted molar refractivity (Wildman–Crippen MR) is 248 cm³/mol. The third kappa shape index (κ3) is 6.86. The van der Waals surface area contributed by atoms with Crippen LogP contribution in [0.1, 0.15) is 150 Å². The molecule has 2 aliphatic carbocycles. The third-order valence-corrected chi connectivity index (χ3v) is 13.9. The van der Waals surface area contributed by atoms with Crippen molar-refractivity contribution in [3.63, 3.8) is 0 Å². The van der Waals surface area contributed by atoms with Crippen LogP contribution in [0.3, 0.4) is 0 Å². The summed E-state index contributed by atoms with van der Waals surface area (Å²) >= 11 is 0. The van der Waals surface area contributed by atoms with E-state index < -0.39 is 0 Å². The van der Waals surface area contributed by atoms with Crippen LogP contribution in [0.4, 0.5) is 11.4 Å². The summed E-state index contributed by atoms with van der Waals surface area (Å²) in [5, 5.41) is 0. The molecule has 5 aromatic rings. The van der Waals surface area contributed by atoms with E-state index >= 15 is 0 Å². The molecule has 8 rings (SSSR count). The van der Waals surface area contributed by atoms with E-state index in [4.69, 9.17) is 7.85 Å². The van der Waals surface area contributed by atoms with E-state index in [1.165, 1.54) is 109 Å². The van der Waals surface area contributed by atoms with Crippen molar-refractivity contribution in [1.82, 2.24) is 0 Å². The predicted octanol–water partition coefficient (Wildman–Crippen LogP) is 14.2. The number of fused-ring (bicyclic) bond motifs is 5. The average molecular weight is 748 g/mol. The zero-order valence-corrected chi connectivity index (χ0v) is 36.2. The van der Waals surface area contributed by atoms with Crippen molar-refractivity contribution >= 4 is 36.0 Å². The molecule has 0 N–H and O–H groups in total. The Morgan fingerprint density at radius 2 is 1.35 bits per heavy atom. The number of benzene rings is 5. The van der Waals surface area contributed by atoms with E-state index in [1.54, 1.807) is 0 Å². The first-order valence-electron chi connectivity index (χ1n) is 21.8. The van der Waals surface area contributed by atoms with Gasteiger partial charge in [0.2, 0.25) is 0 Å². The van der Waals surface area contributed by atoms with Crippen LogP contribution in [0, 0.1) is 6.92 Å². The van der Waals surface area contributed by atoms with Crippen molar-refractivity contribution in [3.05, 3.63) is 159 Å². The molecule has 1 aliphatic heterocycles. The minimum Gasteiger partial charge on any atom is -0.310 e. The second-order valence-electron chi connectivity index (χ2n) is 19.2. The highest BCUT2D eigenvalue weighted by atomic mass is 15.2. The molecular formula is C55H62BN. The van der Waals surface area contributed by atoms with Gasteiger partial charge in [-0.2, -0.15) is 0 Å². The zero-order chi connectivity index (χ0) is 40.3. The van der Waals surface area contributed by atoms with Gasteiger partial charge in [0.25, 0.3) is 0 Å². The number of aryl methyl sites for hydroxylation is 2. The van der Waals surface area contributed by atoms with Gasteiger partial charge in [0, 0.05) is 22.2 Å². The van der Waals surface area contributed by atoms with Gasteiger partial charge in [0.1, 0.15) is 7.85 Å². The van der Waals surface area contributed by atoms with Crippen LogP contribution >= 0.6 is 0 Å². The van der Waals surface area contributed by atoms with E-state index in [0.717, 1.165) is 43.3 Å². The van der Waals surface area contributed by atoms with E-state index in [9.17, 15) is 0 Å². The van der Waals surface area contributed by atoms with E-state index in [0.29, 0.717) is 0 Å². The fourth-order valence-corrected chi connectivity index (χ4v) is 10.2. The highest BCUT2D eigenvalue weighted by Crippen LogP contribution is 2.58. The van der Waals surface area contributed by atoms with E-state index in [1.807, 2.05) is 0 Å². The Balaban J connectivity index is 1.53. The van der Waals surface area contributed by atoms with Crippen molar-refractivity contribution in [2.75, 3.05) is 4.90 Å². The quantitative estimate of drug-likeness (QED) is 0.136. The van der Waals surface area contributed by atoms with Gasteiger partial charge in [0.15, 0.2) is 0 Å². The summed E-state index contributed by atoms with van der Waals surface area (Å²) in [5.74, 6) is 0. The molecule has 0 fully saturated rings. The molecule has 2 radical (unpaired) electrons. The second kappa shape index (κ2) is 15.0. The molecule has 0 amide bonds.